The Labute approximate surface area is 192 Å². The molecular formula is C26H26ClF2NO2. The van der Waals surface area contributed by atoms with Gasteiger partial charge in [-0.25, -0.2) is 8.78 Å². The summed E-state index contributed by atoms with van der Waals surface area (Å²) in [5, 5.41) is 10.7. The number of ether oxygens (including phenoxy) is 1. The molecule has 3 aromatic rings. The van der Waals surface area contributed by atoms with E-state index in [2.05, 4.69) is 23.1 Å². The number of nitrogens with zero attached hydrogens (tertiary/aromatic N) is 1. The van der Waals surface area contributed by atoms with E-state index in [9.17, 15) is 13.9 Å². The van der Waals surface area contributed by atoms with E-state index in [1.165, 1.54) is 23.3 Å². The lowest BCUT2D eigenvalue weighted by Crippen LogP contribution is -2.38. The molecule has 0 amide bonds. The third-order valence-electron chi connectivity index (χ3n) is 5.74. The minimum Gasteiger partial charge on any atom is -0.491 e. The second-order valence-corrected chi connectivity index (χ2v) is 8.74. The average molecular weight is 458 g/mol. The monoisotopic (exact) mass is 457 g/mol. The van der Waals surface area contributed by atoms with Gasteiger partial charge in [0.25, 0.3) is 5.92 Å². The first-order valence-electron chi connectivity index (χ1n) is 10.7. The van der Waals surface area contributed by atoms with E-state index < -0.39 is 12.0 Å². The molecule has 4 rings (SSSR count). The Morgan fingerprint density at radius 1 is 1.06 bits per heavy atom. The molecule has 0 bridgehead atoms. The summed E-state index contributed by atoms with van der Waals surface area (Å²) in [5.74, 6) is -2.36. The second kappa shape index (κ2) is 9.57. The zero-order valence-electron chi connectivity index (χ0n) is 17.9. The van der Waals surface area contributed by atoms with Crippen molar-refractivity contribution in [1.29, 1.82) is 0 Å². The second-order valence-electron chi connectivity index (χ2n) is 8.33. The highest BCUT2D eigenvalue weighted by Gasteiger charge is 2.25. The van der Waals surface area contributed by atoms with E-state index in [0.717, 1.165) is 32.0 Å². The predicted octanol–water partition coefficient (Wildman–Crippen LogP) is 5.92. The van der Waals surface area contributed by atoms with Crippen molar-refractivity contribution >= 4 is 11.6 Å². The zero-order chi connectivity index (χ0) is 22.7. The number of β-amino-alcohol motifs (C(OH)–C–C–N with tert-alkyl or cyclic N) is 1. The quantitative estimate of drug-likeness (QED) is 0.478. The molecule has 1 heterocycles. The molecule has 1 unspecified atom stereocenters. The van der Waals surface area contributed by atoms with Crippen molar-refractivity contribution < 1.29 is 18.6 Å². The third kappa shape index (κ3) is 5.47. The Balaban J connectivity index is 1.36. The SMILES string of the molecule is CC(F)(F)c1ccc(-c2cccc(OCC(O)CN3CCc4ccccc4C3)c2)c(Cl)c1. The van der Waals surface area contributed by atoms with Crippen molar-refractivity contribution in [3.05, 3.63) is 88.4 Å². The van der Waals surface area contributed by atoms with Crippen molar-refractivity contribution in [3.63, 3.8) is 0 Å². The van der Waals surface area contributed by atoms with Gasteiger partial charge in [-0.2, -0.15) is 0 Å². The maximum Gasteiger partial charge on any atom is 0.270 e. The molecule has 1 atom stereocenters. The van der Waals surface area contributed by atoms with Gasteiger partial charge in [-0.1, -0.05) is 60.1 Å². The number of aliphatic hydroxyl groups is 1. The molecule has 0 saturated carbocycles. The van der Waals surface area contributed by atoms with Crippen LogP contribution in [0.3, 0.4) is 0 Å². The number of rotatable bonds is 7. The molecule has 6 heteroatoms. The lowest BCUT2D eigenvalue weighted by atomic mass is 10.00. The topological polar surface area (TPSA) is 32.7 Å². The fourth-order valence-corrected chi connectivity index (χ4v) is 4.32. The number of alkyl halides is 2. The summed E-state index contributed by atoms with van der Waals surface area (Å²) in [5.41, 5.74) is 3.98. The number of hydrogen-bond donors (Lipinski definition) is 1. The van der Waals surface area contributed by atoms with Crippen LogP contribution in [0.4, 0.5) is 8.78 Å². The van der Waals surface area contributed by atoms with Gasteiger partial charge in [-0.3, -0.25) is 4.90 Å². The molecule has 0 aromatic heterocycles. The van der Waals surface area contributed by atoms with Crippen LogP contribution in [0.5, 0.6) is 5.75 Å². The smallest absolute Gasteiger partial charge is 0.270 e. The fourth-order valence-electron chi connectivity index (χ4n) is 4.03. The highest BCUT2D eigenvalue weighted by Crippen LogP contribution is 2.35. The standard InChI is InChI=1S/C26H26ClF2NO2/c1-26(28,29)21-9-10-24(25(27)14-21)19-7-4-8-23(13-19)32-17-22(31)16-30-12-11-18-5-2-3-6-20(18)15-30/h2-10,13-14,22,31H,11-12,15-17H2,1H3. The molecule has 0 aliphatic carbocycles. The van der Waals surface area contributed by atoms with Gasteiger partial charge in [0.05, 0.1) is 0 Å². The van der Waals surface area contributed by atoms with Gasteiger partial charge < -0.3 is 9.84 Å². The average Bonchev–Trinajstić information content (AvgIpc) is 2.77. The van der Waals surface area contributed by atoms with Crippen LogP contribution in [0, 0.1) is 0 Å². The van der Waals surface area contributed by atoms with Crippen molar-refractivity contribution in [2.24, 2.45) is 0 Å². The van der Waals surface area contributed by atoms with Crippen molar-refractivity contribution in [2.75, 3.05) is 19.7 Å². The largest absolute Gasteiger partial charge is 0.491 e. The van der Waals surface area contributed by atoms with Crippen LogP contribution in [-0.4, -0.2) is 35.8 Å². The number of benzene rings is 3. The minimum atomic E-state index is -2.94. The molecule has 1 aliphatic rings. The Bertz CT molecular complexity index is 1080. The highest BCUT2D eigenvalue weighted by atomic mass is 35.5. The van der Waals surface area contributed by atoms with E-state index >= 15 is 0 Å². The van der Waals surface area contributed by atoms with Crippen LogP contribution in [0.25, 0.3) is 11.1 Å². The molecule has 1 N–H and O–H groups in total. The minimum absolute atomic E-state index is 0.123. The van der Waals surface area contributed by atoms with E-state index in [4.69, 9.17) is 16.3 Å². The molecule has 0 saturated heterocycles. The molecule has 168 valence electrons. The first kappa shape index (κ1) is 22.7. The summed E-state index contributed by atoms with van der Waals surface area (Å²) in [6.07, 6.45) is 0.355. The summed E-state index contributed by atoms with van der Waals surface area (Å²) in [6.45, 7) is 3.28. The Morgan fingerprint density at radius 3 is 2.59 bits per heavy atom. The van der Waals surface area contributed by atoms with Crippen molar-refractivity contribution in [2.45, 2.75) is 31.9 Å². The number of hydrogen-bond acceptors (Lipinski definition) is 3. The van der Waals surface area contributed by atoms with Crippen LogP contribution in [-0.2, 0) is 18.9 Å². The van der Waals surface area contributed by atoms with Gasteiger partial charge in [-0.05, 0) is 41.3 Å². The molecule has 32 heavy (non-hydrogen) atoms. The van der Waals surface area contributed by atoms with Crippen molar-refractivity contribution in [3.8, 4) is 16.9 Å². The number of halogens is 3. The first-order valence-corrected chi connectivity index (χ1v) is 11.1. The maximum absolute atomic E-state index is 13.5. The van der Waals surface area contributed by atoms with Gasteiger partial charge >= 0.3 is 0 Å². The summed E-state index contributed by atoms with van der Waals surface area (Å²) < 4.78 is 32.9. The van der Waals surface area contributed by atoms with Gasteiger partial charge in [0.15, 0.2) is 0 Å². The maximum atomic E-state index is 13.5. The van der Waals surface area contributed by atoms with E-state index in [0.29, 0.717) is 17.9 Å². The third-order valence-corrected chi connectivity index (χ3v) is 6.05. The van der Waals surface area contributed by atoms with Crippen molar-refractivity contribution in [1.82, 2.24) is 4.90 Å². The summed E-state index contributed by atoms with van der Waals surface area (Å²) in [4.78, 5) is 2.23. The van der Waals surface area contributed by atoms with E-state index in [1.54, 1.807) is 18.2 Å². The van der Waals surface area contributed by atoms with Crippen LogP contribution in [0.15, 0.2) is 66.7 Å². The Morgan fingerprint density at radius 2 is 1.84 bits per heavy atom. The van der Waals surface area contributed by atoms with E-state index in [1.807, 2.05) is 18.2 Å². The lowest BCUT2D eigenvalue weighted by molar-refractivity contribution is 0.0175. The fraction of sp³-hybridized carbons (Fsp3) is 0.308. The molecule has 3 nitrogen and oxygen atoms in total. The number of fused-ring (bicyclic) bond motifs is 1. The van der Waals surface area contributed by atoms with Gasteiger partial charge in [0, 0.05) is 42.7 Å². The first-order chi connectivity index (χ1) is 15.3. The van der Waals surface area contributed by atoms with Gasteiger partial charge in [0.2, 0.25) is 0 Å². The highest BCUT2D eigenvalue weighted by molar-refractivity contribution is 6.33. The molecule has 1 aliphatic heterocycles. The van der Waals surface area contributed by atoms with Gasteiger partial charge in [-0.15, -0.1) is 0 Å². The van der Waals surface area contributed by atoms with Crippen LogP contribution in [0.1, 0.15) is 23.6 Å². The van der Waals surface area contributed by atoms with Crippen LogP contribution >= 0.6 is 11.6 Å². The summed E-state index contributed by atoms with van der Waals surface area (Å²) >= 11 is 6.27. The lowest BCUT2D eigenvalue weighted by Gasteiger charge is -2.30. The van der Waals surface area contributed by atoms with Crippen LogP contribution in [0.2, 0.25) is 5.02 Å². The molecule has 0 fully saturated rings. The van der Waals surface area contributed by atoms with E-state index in [-0.39, 0.29) is 17.2 Å². The Kier molecular flexibility index (Phi) is 6.79. The zero-order valence-corrected chi connectivity index (χ0v) is 18.7. The molecule has 0 radical (unpaired) electrons. The summed E-state index contributed by atoms with van der Waals surface area (Å²) in [7, 11) is 0. The predicted molar refractivity (Wildman–Crippen MR) is 123 cm³/mol. The number of aliphatic hydroxyl groups excluding tert-OH is 1. The normalized spacial score (nSPS) is 15.3. The molecule has 0 spiro atoms. The molecule has 3 aromatic carbocycles. The summed E-state index contributed by atoms with van der Waals surface area (Å²) in [6, 6.07) is 19.9. The Hall–Kier alpha value is -2.47. The van der Waals surface area contributed by atoms with Crippen LogP contribution < -0.4 is 4.74 Å². The molecular weight excluding hydrogens is 432 g/mol. The van der Waals surface area contributed by atoms with Gasteiger partial charge in [0.1, 0.15) is 18.5 Å².